The Hall–Kier alpha value is -4.90. The van der Waals surface area contributed by atoms with Crippen LogP contribution in [0.2, 0.25) is 0 Å². The molecule has 0 saturated heterocycles. The van der Waals surface area contributed by atoms with Gasteiger partial charge in [-0.2, -0.15) is 13.2 Å². The number of hydrogen-bond donors (Lipinski definition) is 2. The molecule has 0 spiro atoms. The van der Waals surface area contributed by atoms with Crippen molar-refractivity contribution in [3.63, 3.8) is 0 Å². The minimum atomic E-state index is -4.55. The lowest BCUT2D eigenvalue weighted by molar-refractivity contribution is -0.137. The van der Waals surface area contributed by atoms with E-state index in [2.05, 4.69) is 41.2 Å². The molecule has 0 bridgehead atoms. The molecule has 4 heterocycles. The molecule has 1 atom stereocenters. The van der Waals surface area contributed by atoms with Crippen LogP contribution in [0.5, 0.6) is 0 Å². The van der Waals surface area contributed by atoms with Crippen LogP contribution in [0.3, 0.4) is 0 Å². The Morgan fingerprint density at radius 2 is 1.35 bits per heavy atom. The highest BCUT2D eigenvalue weighted by Gasteiger charge is 2.30. The van der Waals surface area contributed by atoms with Crippen LogP contribution in [0.25, 0.3) is 0 Å². The lowest BCUT2D eigenvalue weighted by atomic mass is 10.1. The zero-order valence-electron chi connectivity index (χ0n) is 22.4. The number of amides is 2. The molecule has 12 nitrogen and oxygen atoms in total. The van der Waals surface area contributed by atoms with Crippen molar-refractivity contribution < 1.29 is 35.9 Å². The Labute approximate surface area is 239 Å². The fourth-order valence-corrected chi connectivity index (χ4v) is 3.69. The van der Waals surface area contributed by atoms with E-state index in [4.69, 9.17) is 0 Å². The lowest BCUT2D eigenvalue weighted by Gasteiger charge is -2.11. The van der Waals surface area contributed by atoms with Crippen molar-refractivity contribution >= 4 is 11.8 Å². The molecular formula is C25H24F6N10O2. The summed E-state index contributed by atoms with van der Waals surface area (Å²) >= 11 is 0. The van der Waals surface area contributed by atoms with E-state index in [1.165, 1.54) is 35.4 Å². The van der Waals surface area contributed by atoms with E-state index in [1.54, 1.807) is 0 Å². The molecule has 43 heavy (non-hydrogen) atoms. The summed E-state index contributed by atoms with van der Waals surface area (Å²) in [4.78, 5) is 32.4. The van der Waals surface area contributed by atoms with Crippen LogP contribution < -0.4 is 10.6 Å². The summed E-state index contributed by atoms with van der Waals surface area (Å²) in [7, 11) is 0. The Bertz CT molecular complexity index is 1570. The molecule has 0 saturated carbocycles. The second-order valence-electron chi connectivity index (χ2n) is 9.40. The van der Waals surface area contributed by atoms with Gasteiger partial charge in [0.1, 0.15) is 6.17 Å². The maximum atomic E-state index is 14.6. The van der Waals surface area contributed by atoms with Gasteiger partial charge in [-0.1, -0.05) is 10.4 Å². The number of alkyl halides is 6. The quantitative estimate of drug-likeness (QED) is 0.233. The van der Waals surface area contributed by atoms with Crippen LogP contribution in [-0.4, -0.2) is 57.9 Å². The summed E-state index contributed by atoms with van der Waals surface area (Å²) in [5.41, 5.74) is -1.17. The molecular weight excluding hydrogens is 586 g/mol. The molecule has 0 aliphatic carbocycles. The highest BCUT2D eigenvalue weighted by Crippen LogP contribution is 2.29. The van der Waals surface area contributed by atoms with Gasteiger partial charge in [-0.3, -0.25) is 24.2 Å². The van der Waals surface area contributed by atoms with Crippen LogP contribution in [0.4, 0.5) is 26.3 Å². The SMILES string of the molecule is CC(F)(F)c1ccnc(CNC(=O)c2cn(CCC(F)Cn3cc(C(=O)NCc4cc(C(F)(F)F)ccn4)nn3)nn2)c1. The van der Waals surface area contributed by atoms with Gasteiger partial charge >= 0.3 is 6.18 Å². The van der Waals surface area contributed by atoms with E-state index >= 15 is 0 Å². The topological polar surface area (TPSA) is 145 Å². The molecule has 0 aliphatic rings. The first-order valence-corrected chi connectivity index (χ1v) is 12.6. The van der Waals surface area contributed by atoms with Crippen LogP contribution in [0.1, 0.15) is 56.8 Å². The predicted molar refractivity (Wildman–Crippen MR) is 135 cm³/mol. The zero-order valence-corrected chi connectivity index (χ0v) is 22.4. The van der Waals surface area contributed by atoms with Gasteiger partial charge in [-0.15, -0.1) is 10.2 Å². The average molecular weight is 611 g/mol. The first kappa shape index (κ1) is 31.0. The van der Waals surface area contributed by atoms with E-state index in [0.29, 0.717) is 0 Å². The zero-order chi connectivity index (χ0) is 31.2. The monoisotopic (exact) mass is 610 g/mol. The second kappa shape index (κ2) is 13.0. The number of aryl methyl sites for hydroxylation is 1. The Morgan fingerprint density at radius 1 is 0.837 bits per heavy atom. The summed E-state index contributed by atoms with van der Waals surface area (Å²) in [6, 6.07) is 3.98. The summed E-state index contributed by atoms with van der Waals surface area (Å²) < 4.78 is 82.4. The van der Waals surface area contributed by atoms with Crippen molar-refractivity contribution in [3.05, 3.63) is 83.0 Å². The third kappa shape index (κ3) is 8.79. The summed E-state index contributed by atoms with van der Waals surface area (Å²) in [6.07, 6.45) is -1.39. The van der Waals surface area contributed by atoms with Crippen molar-refractivity contribution in [1.29, 1.82) is 0 Å². The number of halogens is 6. The summed E-state index contributed by atoms with van der Waals surface area (Å²) in [6.45, 7) is 0.119. The van der Waals surface area contributed by atoms with Crippen molar-refractivity contribution in [1.82, 2.24) is 50.6 Å². The molecule has 4 rings (SSSR count). The van der Waals surface area contributed by atoms with E-state index in [0.717, 1.165) is 29.9 Å². The first-order valence-electron chi connectivity index (χ1n) is 12.6. The number of pyridine rings is 2. The summed E-state index contributed by atoms with van der Waals surface area (Å²) in [5, 5.41) is 19.7. The van der Waals surface area contributed by atoms with Gasteiger partial charge in [-0.05, 0) is 24.3 Å². The van der Waals surface area contributed by atoms with Crippen molar-refractivity contribution in [2.75, 3.05) is 0 Å². The number of aromatic nitrogens is 8. The van der Waals surface area contributed by atoms with Gasteiger partial charge in [-0.25, -0.2) is 17.9 Å². The fourth-order valence-electron chi connectivity index (χ4n) is 3.69. The third-order valence-corrected chi connectivity index (χ3v) is 5.93. The average Bonchev–Trinajstić information content (AvgIpc) is 3.63. The molecule has 0 aliphatic heterocycles. The van der Waals surface area contributed by atoms with E-state index in [-0.39, 0.29) is 60.9 Å². The van der Waals surface area contributed by atoms with E-state index < -0.39 is 35.6 Å². The lowest BCUT2D eigenvalue weighted by Crippen LogP contribution is -2.24. The molecule has 18 heteroatoms. The van der Waals surface area contributed by atoms with Crippen LogP contribution in [-0.2, 0) is 38.3 Å². The standard InChI is InChI=1S/C25H24F6N10O2/c1-24(27,28)15-2-5-32-18(8-15)10-34-22(42)20-13-40(38-36-20)7-4-17(26)12-41-14-21(37-39-41)23(43)35-11-19-9-16(3-6-33-19)25(29,30)31/h2-3,5-6,8-9,13-14,17H,4,7,10-12H2,1H3,(H,34,42)(H,35,43). The van der Waals surface area contributed by atoms with Gasteiger partial charge in [0.2, 0.25) is 0 Å². The largest absolute Gasteiger partial charge is 0.416 e. The van der Waals surface area contributed by atoms with Gasteiger partial charge in [0.25, 0.3) is 17.7 Å². The highest BCUT2D eigenvalue weighted by molar-refractivity contribution is 5.92. The van der Waals surface area contributed by atoms with Crippen molar-refractivity contribution in [2.24, 2.45) is 0 Å². The Balaban J connectivity index is 1.21. The van der Waals surface area contributed by atoms with Gasteiger partial charge in [0, 0.05) is 37.8 Å². The second-order valence-corrected chi connectivity index (χ2v) is 9.40. The Kier molecular flexibility index (Phi) is 9.35. The van der Waals surface area contributed by atoms with E-state index in [9.17, 15) is 35.9 Å². The molecule has 1 unspecified atom stereocenters. The molecule has 228 valence electrons. The minimum absolute atomic E-state index is 0.0146. The predicted octanol–water partition coefficient (Wildman–Crippen LogP) is 3.08. The Morgan fingerprint density at radius 3 is 1.91 bits per heavy atom. The number of rotatable bonds is 12. The number of carbonyl (C=O) groups excluding carboxylic acids is 2. The van der Waals surface area contributed by atoms with Crippen molar-refractivity contribution in [2.45, 2.75) is 57.8 Å². The summed E-state index contributed by atoms with van der Waals surface area (Å²) in [5.74, 6) is -4.42. The molecule has 0 radical (unpaired) electrons. The maximum absolute atomic E-state index is 14.6. The van der Waals surface area contributed by atoms with Gasteiger partial charge < -0.3 is 10.6 Å². The maximum Gasteiger partial charge on any atom is 0.416 e. The molecule has 2 N–H and O–H groups in total. The van der Waals surface area contributed by atoms with Crippen molar-refractivity contribution in [3.8, 4) is 0 Å². The number of hydrogen-bond acceptors (Lipinski definition) is 8. The molecule has 0 aromatic carbocycles. The molecule has 4 aromatic heterocycles. The highest BCUT2D eigenvalue weighted by atomic mass is 19.4. The number of nitrogens with zero attached hydrogens (tertiary/aromatic N) is 8. The molecule has 4 aromatic rings. The minimum Gasteiger partial charge on any atom is -0.345 e. The third-order valence-electron chi connectivity index (χ3n) is 5.93. The van der Waals surface area contributed by atoms with Crippen LogP contribution >= 0.6 is 0 Å². The first-order chi connectivity index (χ1) is 20.3. The fraction of sp³-hybridized carbons (Fsp3) is 0.360. The molecule has 2 amide bonds. The van der Waals surface area contributed by atoms with E-state index in [1.807, 2.05) is 0 Å². The van der Waals surface area contributed by atoms with Gasteiger partial charge in [0.15, 0.2) is 11.4 Å². The number of nitrogens with one attached hydrogen (secondary N) is 2. The van der Waals surface area contributed by atoms with Crippen LogP contribution in [0.15, 0.2) is 49.1 Å². The molecule has 0 fully saturated rings. The smallest absolute Gasteiger partial charge is 0.345 e. The number of carbonyl (C=O) groups is 2. The normalized spacial score (nSPS) is 12.6. The van der Waals surface area contributed by atoms with Crippen LogP contribution in [0, 0.1) is 0 Å². The van der Waals surface area contributed by atoms with Gasteiger partial charge in [0.05, 0.1) is 49.0 Å².